The van der Waals surface area contributed by atoms with Gasteiger partial charge in [-0.1, -0.05) is 6.07 Å². The van der Waals surface area contributed by atoms with Crippen molar-refractivity contribution in [3.05, 3.63) is 40.6 Å². The minimum atomic E-state index is -0.991. The van der Waals surface area contributed by atoms with Gasteiger partial charge in [0.1, 0.15) is 0 Å². The zero-order valence-electron chi connectivity index (χ0n) is 11.7. The van der Waals surface area contributed by atoms with Crippen LogP contribution in [0.4, 0.5) is 0 Å². The van der Waals surface area contributed by atoms with Crippen LogP contribution in [0, 0.1) is 20.8 Å². The summed E-state index contributed by atoms with van der Waals surface area (Å²) in [5.41, 5.74) is 5.57. The van der Waals surface area contributed by atoms with Crippen molar-refractivity contribution >= 4 is 5.97 Å². The van der Waals surface area contributed by atoms with E-state index in [2.05, 4.69) is 31.1 Å². The fraction of sp³-hybridized carbons (Fsp3) is 0.333. The quantitative estimate of drug-likeness (QED) is 0.919. The molecule has 1 aromatic carbocycles. The van der Waals surface area contributed by atoms with E-state index in [1.54, 1.807) is 10.7 Å². The van der Waals surface area contributed by atoms with Gasteiger partial charge in [-0.2, -0.15) is 5.10 Å². The zero-order valence-corrected chi connectivity index (χ0v) is 11.7. The molecule has 0 bridgehead atoms. The maximum atomic E-state index is 11.0. The highest BCUT2D eigenvalue weighted by Gasteiger charge is 2.15. The van der Waals surface area contributed by atoms with Crippen molar-refractivity contribution < 1.29 is 9.90 Å². The van der Waals surface area contributed by atoms with E-state index in [-0.39, 0.29) is 5.69 Å². The molecule has 0 amide bonds. The molecule has 0 fully saturated rings. The SMILES string of the molecule is CCn1nc(C(=O)O)cc1-c1cc(C)c(C)cc1C. The fourth-order valence-electron chi connectivity index (χ4n) is 2.22. The van der Waals surface area contributed by atoms with Crippen molar-refractivity contribution in [3.8, 4) is 11.3 Å². The first-order valence-electron chi connectivity index (χ1n) is 6.33. The molecule has 1 aromatic heterocycles. The Labute approximate surface area is 112 Å². The van der Waals surface area contributed by atoms with Gasteiger partial charge < -0.3 is 5.11 Å². The minimum absolute atomic E-state index is 0.0921. The summed E-state index contributed by atoms with van der Waals surface area (Å²) in [6.45, 7) is 8.78. The van der Waals surface area contributed by atoms with E-state index < -0.39 is 5.97 Å². The van der Waals surface area contributed by atoms with Gasteiger partial charge in [0.15, 0.2) is 5.69 Å². The van der Waals surface area contributed by atoms with Gasteiger partial charge in [-0.3, -0.25) is 4.68 Å². The van der Waals surface area contributed by atoms with Crippen LogP contribution >= 0.6 is 0 Å². The second-order valence-electron chi connectivity index (χ2n) is 4.79. The molecule has 0 aliphatic rings. The van der Waals surface area contributed by atoms with Gasteiger partial charge in [-0.25, -0.2) is 4.79 Å². The van der Waals surface area contributed by atoms with Gasteiger partial charge in [0.25, 0.3) is 0 Å². The Hall–Kier alpha value is -2.10. The van der Waals surface area contributed by atoms with Crippen LogP contribution in [-0.2, 0) is 6.54 Å². The highest BCUT2D eigenvalue weighted by atomic mass is 16.4. The van der Waals surface area contributed by atoms with Crippen molar-refractivity contribution in [2.75, 3.05) is 0 Å². The Morgan fingerprint density at radius 3 is 2.37 bits per heavy atom. The van der Waals surface area contributed by atoms with E-state index in [1.165, 1.54) is 11.1 Å². The molecule has 0 spiro atoms. The van der Waals surface area contributed by atoms with Gasteiger partial charge in [0, 0.05) is 12.1 Å². The summed E-state index contributed by atoms with van der Waals surface area (Å²) in [5, 5.41) is 13.2. The largest absolute Gasteiger partial charge is 0.476 e. The molecule has 2 rings (SSSR count). The molecule has 0 unspecified atom stereocenters. The topological polar surface area (TPSA) is 55.1 Å². The van der Waals surface area contributed by atoms with Crippen LogP contribution in [0.25, 0.3) is 11.3 Å². The molecule has 0 aliphatic carbocycles. The van der Waals surface area contributed by atoms with Gasteiger partial charge >= 0.3 is 5.97 Å². The van der Waals surface area contributed by atoms with Crippen molar-refractivity contribution in [3.63, 3.8) is 0 Å². The number of rotatable bonds is 3. The van der Waals surface area contributed by atoms with Crippen LogP contribution in [0.2, 0.25) is 0 Å². The lowest BCUT2D eigenvalue weighted by Gasteiger charge is -2.11. The maximum absolute atomic E-state index is 11.0. The minimum Gasteiger partial charge on any atom is -0.476 e. The van der Waals surface area contributed by atoms with Crippen LogP contribution in [0.3, 0.4) is 0 Å². The molecule has 2 aromatic rings. The van der Waals surface area contributed by atoms with E-state index in [0.29, 0.717) is 6.54 Å². The van der Waals surface area contributed by atoms with E-state index in [9.17, 15) is 4.79 Å². The molecule has 0 saturated carbocycles. The van der Waals surface area contributed by atoms with Crippen LogP contribution in [0.1, 0.15) is 34.1 Å². The molecule has 0 saturated heterocycles. The third-order valence-corrected chi connectivity index (χ3v) is 3.42. The molecular weight excluding hydrogens is 240 g/mol. The molecule has 0 atom stereocenters. The number of benzene rings is 1. The first-order valence-corrected chi connectivity index (χ1v) is 6.33. The molecule has 0 radical (unpaired) electrons. The molecule has 19 heavy (non-hydrogen) atoms. The van der Waals surface area contributed by atoms with Crippen molar-refractivity contribution in [2.24, 2.45) is 0 Å². The second kappa shape index (κ2) is 4.88. The average Bonchev–Trinajstić information content (AvgIpc) is 2.77. The summed E-state index contributed by atoms with van der Waals surface area (Å²) in [7, 11) is 0. The lowest BCUT2D eigenvalue weighted by molar-refractivity contribution is 0.0689. The standard InChI is InChI=1S/C15H18N2O2/c1-5-17-14(8-13(16-17)15(18)19)12-7-10(3)9(2)6-11(12)4/h6-8H,5H2,1-4H3,(H,18,19). The Morgan fingerprint density at radius 1 is 1.16 bits per heavy atom. The van der Waals surface area contributed by atoms with E-state index in [1.807, 2.05) is 13.8 Å². The number of carbonyl (C=O) groups is 1. The molecule has 100 valence electrons. The summed E-state index contributed by atoms with van der Waals surface area (Å²) in [6.07, 6.45) is 0. The van der Waals surface area contributed by atoms with E-state index in [4.69, 9.17) is 5.11 Å². The Balaban J connectivity index is 2.64. The molecular formula is C15H18N2O2. The van der Waals surface area contributed by atoms with Crippen molar-refractivity contribution in [2.45, 2.75) is 34.2 Å². The van der Waals surface area contributed by atoms with Crippen LogP contribution in [0.15, 0.2) is 18.2 Å². The lowest BCUT2D eigenvalue weighted by atomic mass is 9.98. The molecule has 4 heteroatoms. The summed E-state index contributed by atoms with van der Waals surface area (Å²) in [6, 6.07) is 5.86. The number of hydrogen-bond donors (Lipinski definition) is 1. The Kier molecular flexibility index (Phi) is 3.42. The second-order valence-corrected chi connectivity index (χ2v) is 4.79. The number of aryl methyl sites for hydroxylation is 4. The van der Waals surface area contributed by atoms with Crippen molar-refractivity contribution in [1.29, 1.82) is 0 Å². The first kappa shape index (κ1) is 13.3. The van der Waals surface area contributed by atoms with Crippen LogP contribution in [-0.4, -0.2) is 20.9 Å². The molecule has 0 aliphatic heterocycles. The van der Waals surface area contributed by atoms with Crippen LogP contribution < -0.4 is 0 Å². The number of carboxylic acid groups (broad SMARTS) is 1. The van der Waals surface area contributed by atoms with E-state index in [0.717, 1.165) is 16.8 Å². The smallest absolute Gasteiger partial charge is 0.356 e. The summed E-state index contributed by atoms with van der Waals surface area (Å²) in [4.78, 5) is 11.0. The van der Waals surface area contributed by atoms with Gasteiger partial charge in [0.05, 0.1) is 5.69 Å². The summed E-state index contributed by atoms with van der Waals surface area (Å²) < 4.78 is 1.74. The zero-order chi connectivity index (χ0) is 14.2. The first-order chi connectivity index (χ1) is 8.93. The highest BCUT2D eigenvalue weighted by Crippen LogP contribution is 2.27. The lowest BCUT2D eigenvalue weighted by Crippen LogP contribution is -2.03. The van der Waals surface area contributed by atoms with Crippen molar-refractivity contribution in [1.82, 2.24) is 9.78 Å². The Morgan fingerprint density at radius 2 is 1.79 bits per heavy atom. The fourth-order valence-corrected chi connectivity index (χ4v) is 2.22. The van der Waals surface area contributed by atoms with Gasteiger partial charge in [-0.05, 0) is 56.5 Å². The average molecular weight is 258 g/mol. The molecule has 4 nitrogen and oxygen atoms in total. The van der Waals surface area contributed by atoms with Gasteiger partial charge in [0.2, 0.25) is 0 Å². The third kappa shape index (κ3) is 2.38. The predicted molar refractivity (Wildman–Crippen MR) is 74.5 cm³/mol. The number of aromatic carboxylic acids is 1. The predicted octanol–water partition coefficient (Wildman–Crippen LogP) is 3.19. The number of aromatic nitrogens is 2. The van der Waals surface area contributed by atoms with E-state index >= 15 is 0 Å². The molecule has 1 N–H and O–H groups in total. The third-order valence-electron chi connectivity index (χ3n) is 3.42. The number of hydrogen-bond acceptors (Lipinski definition) is 2. The number of nitrogens with zero attached hydrogens (tertiary/aromatic N) is 2. The summed E-state index contributed by atoms with van der Waals surface area (Å²) >= 11 is 0. The highest BCUT2D eigenvalue weighted by molar-refractivity contribution is 5.87. The monoisotopic (exact) mass is 258 g/mol. The normalized spacial score (nSPS) is 10.7. The van der Waals surface area contributed by atoms with Crippen LogP contribution in [0.5, 0.6) is 0 Å². The Bertz CT molecular complexity index is 642. The van der Waals surface area contributed by atoms with Gasteiger partial charge in [-0.15, -0.1) is 0 Å². The summed E-state index contributed by atoms with van der Waals surface area (Å²) in [5.74, 6) is -0.991. The number of carboxylic acids is 1. The molecule has 1 heterocycles. The maximum Gasteiger partial charge on any atom is 0.356 e.